The topological polar surface area (TPSA) is 127 Å². The lowest BCUT2D eigenvalue weighted by atomic mass is 9.65. The first-order chi connectivity index (χ1) is 16.2. The Bertz CT molecular complexity index is 671. The van der Waals surface area contributed by atoms with Crippen LogP contribution in [0.2, 0.25) is 6.04 Å². The molecule has 0 heterocycles. The third kappa shape index (κ3) is 9.80. The number of hydrogen-bond acceptors (Lipinski definition) is 10. The van der Waals surface area contributed by atoms with Gasteiger partial charge < -0.3 is 32.6 Å². The molecule has 0 aromatic carbocycles. The molecule has 2 unspecified atom stereocenters. The SMILES string of the molecule is CCC(C)(CC(C)(CC(C)(C)C(=O)OCCCO)C(=O)OCCC[Si](OC)(OC)OC)C(=O)OC. The number of aliphatic hydroxyl groups is 1. The largest absolute Gasteiger partial charge is 0.500 e. The van der Waals surface area contributed by atoms with Crippen molar-refractivity contribution in [1.82, 2.24) is 0 Å². The summed E-state index contributed by atoms with van der Waals surface area (Å²) in [6.07, 6.45) is 1.44. The van der Waals surface area contributed by atoms with Crippen LogP contribution in [0.3, 0.4) is 0 Å². The van der Waals surface area contributed by atoms with Crippen molar-refractivity contribution in [2.75, 3.05) is 48.3 Å². The maximum Gasteiger partial charge on any atom is 0.500 e. The number of esters is 3. The first-order valence-corrected chi connectivity index (χ1v) is 13.9. The highest BCUT2D eigenvalue weighted by atomic mass is 28.4. The van der Waals surface area contributed by atoms with Gasteiger partial charge in [0.25, 0.3) is 0 Å². The lowest BCUT2D eigenvalue weighted by molar-refractivity contribution is -0.168. The van der Waals surface area contributed by atoms with Crippen molar-refractivity contribution < 1.29 is 47.0 Å². The third-order valence-electron chi connectivity index (χ3n) is 6.45. The Labute approximate surface area is 211 Å². The smallest absolute Gasteiger partial charge is 0.469 e. The summed E-state index contributed by atoms with van der Waals surface area (Å²) in [6, 6.07) is 0.456. The van der Waals surface area contributed by atoms with Crippen LogP contribution in [0.15, 0.2) is 0 Å². The van der Waals surface area contributed by atoms with E-state index in [0.717, 1.165) is 0 Å². The van der Waals surface area contributed by atoms with Crippen LogP contribution in [0.1, 0.15) is 66.7 Å². The predicted molar refractivity (Wildman–Crippen MR) is 131 cm³/mol. The van der Waals surface area contributed by atoms with Crippen LogP contribution in [0, 0.1) is 16.2 Å². The number of rotatable bonds is 18. The molecule has 35 heavy (non-hydrogen) atoms. The molecule has 0 aliphatic rings. The molecular weight excluding hydrogens is 476 g/mol. The van der Waals surface area contributed by atoms with E-state index in [0.29, 0.717) is 25.3 Å². The number of ether oxygens (including phenoxy) is 3. The maximum absolute atomic E-state index is 13.4. The number of carbonyl (C=O) groups is 3. The number of methoxy groups -OCH3 is 1. The zero-order valence-corrected chi connectivity index (χ0v) is 24.0. The first-order valence-electron chi connectivity index (χ1n) is 11.9. The Kier molecular flexibility index (Phi) is 14.2. The minimum Gasteiger partial charge on any atom is -0.469 e. The Morgan fingerprint density at radius 1 is 0.743 bits per heavy atom. The fourth-order valence-corrected chi connectivity index (χ4v) is 6.00. The Morgan fingerprint density at radius 3 is 1.71 bits per heavy atom. The van der Waals surface area contributed by atoms with Gasteiger partial charge in [0.1, 0.15) is 0 Å². The monoisotopic (exact) mass is 522 g/mol. The second kappa shape index (κ2) is 14.9. The van der Waals surface area contributed by atoms with Crippen molar-refractivity contribution in [2.24, 2.45) is 16.2 Å². The van der Waals surface area contributed by atoms with Crippen molar-refractivity contribution in [2.45, 2.75) is 72.8 Å². The second-order valence-electron chi connectivity index (χ2n) is 9.95. The van der Waals surface area contributed by atoms with E-state index in [2.05, 4.69) is 0 Å². The second-order valence-corrected chi connectivity index (χ2v) is 13.0. The highest BCUT2D eigenvalue weighted by molar-refractivity contribution is 6.60. The van der Waals surface area contributed by atoms with Gasteiger partial charge in [-0.3, -0.25) is 14.4 Å². The van der Waals surface area contributed by atoms with Gasteiger partial charge in [0.15, 0.2) is 0 Å². The third-order valence-corrected chi connectivity index (χ3v) is 9.28. The summed E-state index contributed by atoms with van der Waals surface area (Å²) in [7, 11) is 3.06. The fraction of sp³-hybridized carbons (Fsp3) is 0.875. The van der Waals surface area contributed by atoms with Gasteiger partial charge in [0.2, 0.25) is 0 Å². The quantitative estimate of drug-likeness (QED) is 0.124. The standard InChI is InChI=1S/C24H46O10Si/c1-10-23(4,20(27)29-6)18-24(5,17-22(2,3)19(26)33-14-11-13-25)21(28)34-15-12-16-35(30-7,31-8)32-9/h25H,10-18H2,1-9H3. The van der Waals surface area contributed by atoms with Crippen LogP contribution in [-0.4, -0.2) is 80.1 Å². The molecule has 0 rings (SSSR count). The Morgan fingerprint density at radius 2 is 1.26 bits per heavy atom. The first kappa shape index (κ1) is 33.5. The van der Waals surface area contributed by atoms with Gasteiger partial charge in [-0.2, -0.15) is 0 Å². The zero-order valence-electron chi connectivity index (χ0n) is 23.0. The van der Waals surface area contributed by atoms with Gasteiger partial charge in [0, 0.05) is 40.4 Å². The molecule has 0 bridgehead atoms. The number of aliphatic hydroxyl groups excluding tert-OH is 1. The molecular formula is C24H46O10Si. The highest BCUT2D eigenvalue weighted by Gasteiger charge is 2.49. The van der Waals surface area contributed by atoms with Crippen molar-refractivity contribution >= 4 is 26.7 Å². The molecule has 0 aliphatic carbocycles. The lowest BCUT2D eigenvalue weighted by Crippen LogP contribution is -2.44. The van der Waals surface area contributed by atoms with Crippen molar-refractivity contribution in [3.63, 3.8) is 0 Å². The fourth-order valence-electron chi connectivity index (χ4n) is 4.31. The van der Waals surface area contributed by atoms with E-state index in [1.165, 1.54) is 28.4 Å². The van der Waals surface area contributed by atoms with E-state index < -0.39 is 43.0 Å². The van der Waals surface area contributed by atoms with E-state index in [4.69, 9.17) is 32.6 Å². The van der Waals surface area contributed by atoms with Gasteiger partial charge in [-0.05, 0) is 53.4 Å². The zero-order chi connectivity index (χ0) is 27.3. The maximum atomic E-state index is 13.4. The van der Waals surface area contributed by atoms with E-state index in [1.54, 1.807) is 27.7 Å². The molecule has 1 N–H and O–H groups in total. The van der Waals surface area contributed by atoms with E-state index in [9.17, 15) is 14.4 Å². The average molecular weight is 523 g/mol. The predicted octanol–water partition coefficient (Wildman–Crippen LogP) is 3.13. The van der Waals surface area contributed by atoms with Gasteiger partial charge in [-0.1, -0.05) is 6.92 Å². The molecule has 11 heteroatoms. The van der Waals surface area contributed by atoms with Gasteiger partial charge in [-0.25, -0.2) is 0 Å². The summed E-state index contributed by atoms with van der Waals surface area (Å²) in [4.78, 5) is 38.8. The molecule has 0 spiro atoms. The summed E-state index contributed by atoms with van der Waals surface area (Å²) in [5, 5.41) is 8.95. The minimum absolute atomic E-state index is 0.0822. The van der Waals surface area contributed by atoms with Crippen LogP contribution in [0.4, 0.5) is 0 Å². The average Bonchev–Trinajstić information content (AvgIpc) is 2.83. The van der Waals surface area contributed by atoms with E-state index >= 15 is 0 Å². The minimum atomic E-state index is -2.80. The molecule has 2 atom stereocenters. The summed E-state index contributed by atoms with van der Waals surface area (Å²) in [6.45, 7) is 8.76. The Balaban J connectivity index is 5.72. The van der Waals surface area contributed by atoms with Crippen LogP contribution in [-0.2, 0) is 41.9 Å². The van der Waals surface area contributed by atoms with E-state index in [1.807, 2.05) is 6.92 Å². The molecule has 0 aromatic rings. The van der Waals surface area contributed by atoms with Gasteiger partial charge >= 0.3 is 26.7 Å². The number of carbonyl (C=O) groups excluding carboxylic acids is 3. The lowest BCUT2D eigenvalue weighted by Gasteiger charge is -2.39. The molecule has 0 radical (unpaired) electrons. The molecule has 0 aromatic heterocycles. The Hall–Kier alpha value is -1.53. The van der Waals surface area contributed by atoms with Crippen molar-refractivity contribution in [3.05, 3.63) is 0 Å². The van der Waals surface area contributed by atoms with Crippen LogP contribution < -0.4 is 0 Å². The molecule has 10 nitrogen and oxygen atoms in total. The number of hydrogen-bond donors (Lipinski definition) is 1. The highest BCUT2D eigenvalue weighted by Crippen LogP contribution is 2.45. The van der Waals surface area contributed by atoms with Crippen LogP contribution >= 0.6 is 0 Å². The molecule has 206 valence electrons. The summed E-state index contributed by atoms with van der Waals surface area (Å²) >= 11 is 0. The molecule has 0 saturated carbocycles. The van der Waals surface area contributed by atoms with Gasteiger partial charge in [0.05, 0.1) is 36.6 Å². The van der Waals surface area contributed by atoms with Gasteiger partial charge in [-0.15, -0.1) is 0 Å². The molecule has 0 saturated heterocycles. The normalized spacial score (nSPS) is 15.6. The summed E-state index contributed by atoms with van der Waals surface area (Å²) < 4.78 is 32.1. The molecule has 0 fully saturated rings. The summed E-state index contributed by atoms with van der Waals surface area (Å²) in [5.41, 5.74) is -3.18. The van der Waals surface area contributed by atoms with Crippen molar-refractivity contribution in [1.29, 1.82) is 0 Å². The van der Waals surface area contributed by atoms with E-state index in [-0.39, 0.29) is 32.7 Å². The van der Waals surface area contributed by atoms with Crippen molar-refractivity contribution in [3.8, 4) is 0 Å². The molecule has 0 amide bonds. The summed E-state index contributed by atoms with van der Waals surface area (Å²) in [5.74, 6) is -1.44. The van der Waals surface area contributed by atoms with Crippen LogP contribution in [0.5, 0.6) is 0 Å². The molecule has 0 aliphatic heterocycles. The van der Waals surface area contributed by atoms with Crippen LogP contribution in [0.25, 0.3) is 0 Å².